The molecule has 2 aromatic rings. The van der Waals surface area contributed by atoms with Crippen LogP contribution in [0.5, 0.6) is 5.75 Å². The number of amides is 1. The molecule has 1 saturated heterocycles. The zero-order chi connectivity index (χ0) is 21.7. The summed E-state index contributed by atoms with van der Waals surface area (Å²) >= 11 is 0. The molecule has 0 spiro atoms. The quantitative estimate of drug-likeness (QED) is 0.715. The second-order valence-corrected chi connectivity index (χ2v) is 8.60. The summed E-state index contributed by atoms with van der Waals surface area (Å²) in [6.45, 7) is 1.22. The SMILES string of the molecule is COc1ccc(S(=O)(=O)N2CCOCC2)cc1CCC(=O)Nc1ccc(F)cc1F. The van der Waals surface area contributed by atoms with E-state index in [-0.39, 0.29) is 36.5 Å². The fraction of sp³-hybridized carbons (Fsp3) is 0.350. The van der Waals surface area contributed by atoms with E-state index in [1.54, 1.807) is 6.07 Å². The number of hydrogen-bond acceptors (Lipinski definition) is 5. The minimum Gasteiger partial charge on any atom is -0.496 e. The van der Waals surface area contributed by atoms with Crippen molar-refractivity contribution < 1.29 is 31.5 Å². The highest BCUT2D eigenvalue weighted by atomic mass is 32.2. The van der Waals surface area contributed by atoms with Crippen molar-refractivity contribution in [3.8, 4) is 5.75 Å². The van der Waals surface area contributed by atoms with Crippen LogP contribution in [0.3, 0.4) is 0 Å². The highest BCUT2D eigenvalue weighted by molar-refractivity contribution is 7.89. The van der Waals surface area contributed by atoms with Gasteiger partial charge in [-0.25, -0.2) is 17.2 Å². The first kappa shape index (κ1) is 22.1. The normalized spacial score (nSPS) is 15.0. The lowest BCUT2D eigenvalue weighted by Gasteiger charge is -2.26. The van der Waals surface area contributed by atoms with E-state index in [2.05, 4.69) is 5.32 Å². The van der Waals surface area contributed by atoms with Crippen LogP contribution in [0.1, 0.15) is 12.0 Å². The molecule has 7 nitrogen and oxygen atoms in total. The zero-order valence-electron chi connectivity index (χ0n) is 16.4. The van der Waals surface area contributed by atoms with E-state index in [1.165, 1.54) is 23.5 Å². The van der Waals surface area contributed by atoms with E-state index in [0.29, 0.717) is 30.6 Å². The van der Waals surface area contributed by atoms with Crippen LogP contribution in [-0.2, 0) is 26.0 Å². The molecule has 1 amide bonds. The van der Waals surface area contributed by atoms with Gasteiger partial charge in [0.05, 0.1) is 30.9 Å². The first-order valence-corrected chi connectivity index (χ1v) is 10.7. The highest BCUT2D eigenvalue weighted by Gasteiger charge is 2.27. The van der Waals surface area contributed by atoms with E-state index in [9.17, 15) is 22.0 Å². The van der Waals surface area contributed by atoms with Crippen LogP contribution in [0, 0.1) is 11.6 Å². The molecule has 0 saturated carbocycles. The van der Waals surface area contributed by atoms with Crippen molar-refractivity contribution >= 4 is 21.6 Å². The van der Waals surface area contributed by atoms with E-state index < -0.39 is 27.6 Å². The number of carbonyl (C=O) groups is 1. The van der Waals surface area contributed by atoms with Gasteiger partial charge >= 0.3 is 0 Å². The van der Waals surface area contributed by atoms with E-state index in [0.717, 1.165) is 12.1 Å². The third kappa shape index (κ3) is 5.13. The standard InChI is InChI=1S/C20H22F2N2O5S/c1-28-19-6-4-16(30(26,27)24-8-10-29-11-9-24)12-14(19)2-7-20(25)23-18-5-3-15(21)13-17(18)22/h3-6,12-13H,2,7-11H2,1H3,(H,23,25). The van der Waals surface area contributed by atoms with Crippen LogP contribution in [0.2, 0.25) is 0 Å². The smallest absolute Gasteiger partial charge is 0.243 e. The largest absolute Gasteiger partial charge is 0.496 e. The fourth-order valence-corrected chi connectivity index (χ4v) is 4.56. The van der Waals surface area contributed by atoms with Gasteiger partial charge in [0.15, 0.2) is 0 Å². The number of aryl methyl sites for hydroxylation is 1. The Morgan fingerprint density at radius 1 is 1.17 bits per heavy atom. The number of rotatable bonds is 7. The molecule has 1 heterocycles. The topological polar surface area (TPSA) is 84.9 Å². The fourth-order valence-electron chi connectivity index (χ4n) is 3.10. The molecule has 0 bridgehead atoms. The molecule has 0 atom stereocenters. The molecular weight excluding hydrogens is 418 g/mol. The molecule has 162 valence electrons. The van der Waals surface area contributed by atoms with Crippen molar-refractivity contribution in [3.05, 3.63) is 53.6 Å². The van der Waals surface area contributed by atoms with Gasteiger partial charge in [-0.1, -0.05) is 0 Å². The summed E-state index contributed by atoms with van der Waals surface area (Å²) < 4.78 is 64.2. The summed E-state index contributed by atoms with van der Waals surface area (Å²) in [6.07, 6.45) is 0.124. The Balaban J connectivity index is 1.73. The molecule has 2 aromatic carbocycles. The number of hydrogen-bond donors (Lipinski definition) is 1. The van der Waals surface area contributed by atoms with Crippen molar-refractivity contribution in [3.63, 3.8) is 0 Å². The van der Waals surface area contributed by atoms with Gasteiger partial charge in [-0.2, -0.15) is 4.31 Å². The number of anilines is 1. The summed E-state index contributed by atoms with van der Waals surface area (Å²) in [5.74, 6) is -1.67. The Labute approximate surface area is 173 Å². The van der Waals surface area contributed by atoms with Crippen molar-refractivity contribution in [1.82, 2.24) is 4.31 Å². The summed E-state index contributed by atoms with van der Waals surface area (Å²) in [5, 5.41) is 2.38. The van der Waals surface area contributed by atoms with Crippen molar-refractivity contribution in [1.29, 1.82) is 0 Å². The maximum Gasteiger partial charge on any atom is 0.243 e. The Morgan fingerprint density at radius 3 is 2.57 bits per heavy atom. The average Bonchev–Trinajstić information content (AvgIpc) is 2.74. The lowest BCUT2D eigenvalue weighted by molar-refractivity contribution is -0.116. The zero-order valence-corrected chi connectivity index (χ0v) is 17.2. The Kier molecular flexibility index (Phi) is 7.01. The van der Waals surface area contributed by atoms with Crippen LogP contribution in [-0.4, -0.2) is 52.0 Å². The summed E-state index contributed by atoms with van der Waals surface area (Å²) in [4.78, 5) is 12.3. The molecule has 10 heteroatoms. The maximum atomic E-state index is 13.7. The second-order valence-electron chi connectivity index (χ2n) is 6.66. The Hall–Kier alpha value is -2.56. The van der Waals surface area contributed by atoms with E-state index in [1.807, 2.05) is 0 Å². The van der Waals surface area contributed by atoms with Gasteiger partial charge < -0.3 is 14.8 Å². The van der Waals surface area contributed by atoms with E-state index >= 15 is 0 Å². The lowest BCUT2D eigenvalue weighted by atomic mass is 10.1. The van der Waals surface area contributed by atoms with Crippen LogP contribution in [0.4, 0.5) is 14.5 Å². The minimum absolute atomic E-state index is 0.0474. The number of nitrogens with one attached hydrogen (secondary N) is 1. The molecule has 1 aliphatic rings. The second kappa shape index (κ2) is 9.50. The monoisotopic (exact) mass is 440 g/mol. The summed E-state index contributed by atoms with van der Waals surface area (Å²) in [7, 11) is -2.25. The Morgan fingerprint density at radius 2 is 1.90 bits per heavy atom. The van der Waals surface area contributed by atoms with Gasteiger partial charge in [0.1, 0.15) is 17.4 Å². The first-order chi connectivity index (χ1) is 14.3. The number of ether oxygens (including phenoxy) is 2. The van der Waals surface area contributed by atoms with Crippen LogP contribution >= 0.6 is 0 Å². The molecule has 0 radical (unpaired) electrons. The molecule has 1 fully saturated rings. The minimum atomic E-state index is -3.69. The maximum absolute atomic E-state index is 13.7. The number of sulfonamides is 1. The van der Waals surface area contributed by atoms with Gasteiger partial charge in [-0.15, -0.1) is 0 Å². The number of methoxy groups -OCH3 is 1. The van der Waals surface area contributed by atoms with Gasteiger partial charge in [0, 0.05) is 25.6 Å². The van der Waals surface area contributed by atoms with Crippen LogP contribution in [0.15, 0.2) is 41.3 Å². The molecule has 0 aromatic heterocycles. The van der Waals surface area contributed by atoms with Crippen molar-refractivity contribution in [2.75, 3.05) is 38.7 Å². The third-order valence-corrected chi connectivity index (χ3v) is 6.58. The Bertz CT molecular complexity index is 1020. The third-order valence-electron chi connectivity index (χ3n) is 4.69. The molecule has 30 heavy (non-hydrogen) atoms. The summed E-state index contributed by atoms with van der Waals surface area (Å²) in [6, 6.07) is 7.34. The number of benzene rings is 2. The average molecular weight is 440 g/mol. The predicted octanol–water partition coefficient (Wildman–Crippen LogP) is 2.57. The van der Waals surface area contributed by atoms with Gasteiger partial charge in [0.2, 0.25) is 15.9 Å². The predicted molar refractivity (Wildman–Crippen MR) is 106 cm³/mol. The molecular formula is C20H22F2N2O5S. The highest BCUT2D eigenvalue weighted by Crippen LogP contribution is 2.26. The van der Waals surface area contributed by atoms with Crippen LogP contribution < -0.4 is 10.1 Å². The lowest BCUT2D eigenvalue weighted by Crippen LogP contribution is -2.40. The number of nitrogens with zero attached hydrogens (tertiary/aromatic N) is 1. The molecule has 0 unspecified atom stereocenters. The van der Waals surface area contributed by atoms with Crippen molar-refractivity contribution in [2.24, 2.45) is 0 Å². The van der Waals surface area contributed by atoms with Gasteiger partial charge in [-0.3, -0.25) is 4.79 Å². The number of carbonyl (C=O) groups excluding carboxylic acids is 1. The summed E-state index contributed by atoms with van der Waals surface area (Å²) in [5.41, 5.74) is 0.401. The van der Waals surface area contributed by atoms with Crippen LogP contribution in [0.25, 0.3) is 0 Å². The number of halogens is 2. The van der Waals surface area contributed by atoms with E-state index in [4.69, 9.17) is 9.47 Å². The number of morpholine rings is 1. The van der Waals surface area contributed by atoms with Crippen molar-refractivity contribution in [2.45, 2.75) is 17.7 Å². The molecule has 3 rings (SSSR count). The van der Waals surface area contributed by atoms with Gasteiger partial charge in [0.25, 0.3) is 0 Å². The van der Waals surface area contributed by atoms with Gasteiger partial charge in [-0.05, 0) is 42.3 Å². The molecule has 1 N–H and O–H groups in total. The molecule has 0 aliphatic carbocycles. The first-order valence-electron chi connectivity index (χ1n) is 9.31. The molecule has 1 aliphatic heterocycles.